The summed E-state index contributed by atoms with van der Waals surface area (Å²) in [5.74, 6) is 0. The Morgan fingerprint density at radius 2 is 1.45 bits per heavy atom. The molecule has 4 heteroatoms. The lowest BCUT2D eigenvalue weighted by Gasteiger charge is -2.44. The Kier molecular flexibility index (Phi) is 5.24. The molecule has 1 amide bonds. The van der Waals surface area contributed by atoms with Gasteiger partial charge in [0.2, 0.25) is 0 Å². The minimum absolute atomic E-state index is 0.00384. The molecule has 2 bridgehead atoms. The van der Waals surface area contributed by atoms with Gasteiger partial charge in [0, 0.05) is 24.9 Å². The molecule has 2 aliphatic rings. The average molecular weight is 414 g/mol. The molecule has 0 aliphatic carbocycles. The highest BCUT2D eigenvalue weighted by Crippen LogP contribution is 2.48. The molecule has 31 heavy (non-hydrogen) atoms. The Bertz CT molecular complexity index is 1040. The first-order valence-electron chi connectivity index (χ1n) is 11.0. The second kappa shape index (κ2) is 8.20. The summed E-state index contributed by atoms with van der Waals surface area (Å²) >= 11 is 0. The molecule has 2 saturated heterocycles. The van der Waals surface area contributed by atoms with Crippen LogP contribution in [-0.4, -0.2) is 28.2 Å². The molecular formula is C27H27NO3. The van der Waals surface area contributed by atoms with Crippen molar-refractivity contribution in [3.8, 4) is 11.1 Å². The SMILES string of the molecule is O=C(OCc1ccccc1)N1C2CCC1CC(O)(c1ccccc1-c1ccccc1)C2. The molecular weight excluding hydrogens is 386 g/mol. The molecule has 0 radical (unpaired) electrons. The van der Waals surface area contributed by atoms with E-state index in [0.29, 0.717) is 12.8 Å². The number of aliphatic hydroxyl groups is 1. The van der Waals surface area contributed by atoms with Gasteiger partial charge in [0.1, 0.15) is 6.61 Å². The van der Waals surface area contributed by atoms with E-state index in [1.54, 1.807) is 0 Å². The molecule has 2 fully saturated rings. The standard InChI is InChI=1S/C27H27NO3/c29-26(31-19-20-9-3-1-4-10-20)28-22-15-16-23(28)18-27(30,17-22)25-14-8-7-13-24(25)21-11-5-2-6-12-21/h1-14,22-23,30H,15-19H2. The van der Waals surface area contributed by atoms with Crippen LogP contribution >= 0.6 is 0 Å². The van der Waals surface area contributed by atoms with Gasteiger partial charge in [-0.2, -0.15) is 0 Å². The van der Waals surface area contributed by atoms with Crippen molar-refractivity contribution >= 4 is 6.09 Å². The van der Waals surface area contributed by atoms with E-state index in [1.165, 1.54) is 0 Å². The highest BCUT2D eigenvalue weighted by molar-refractivity contribution is 5.71. The van der Waals surface area contributed by atoms with E-state index in [1.807, 2.05) is 71.6 Å². The van der Waals surface area contributed by atoms with Crippen LogP contribution in [0.5, 0.6) is 0 Å². The number of ether oxygens (including phenoxy) is 1. The molecule has 0 saturated carbocycles. The van der Waals surface area contributed by atoms with Crippen LogP contribution in [0.25, 0.3) is 11.1 Å². The fraction of sp³-hybridized carbons (Fsp3) is 0.296. The summed E-state index contributed by atoms with van der Waals surface area (Å²) < 4.78 is 5.62. The van der Waals surface area contributed by atoms with Crippen LogP contribution in [0.15, 0.2) is 84.9 Å². The predicted octanol–water partition coefficient (Wildman–Crippen LogP) is 5.50. The van der Waals surface area contributed by atoms with Crippen molar-refractivity contribution in [2.75, 3.05) is 0 Å². The molecule has 2 atom stereocenters. The van der Waals surface area contributed by atoms with Crippen LogP contribution in [0.4, 0.5) is 4.79 Å². The van der Waals surface area contributed by atoms with Gasteiger partial charge in [0.05, 0.1) is 5.60 Å². The summed E-state index contributed by atoms with van der Waals surface area (Å²) in [6.07, 6.45) is 2.61. The van der Waals surface area contributed by atoms with E-state index in [9.17, 15) is 9.90 Å². The van der Waals surface area contributed by atoms with Crippen LogP contribution in [0, 0.1) is 0 Å². The van der Waals surface area contributed by atoms with E-state index in [2.05, 4.69) is 18.2 Å². The number of amides is 1. The Labute approximate surface area is 183 Å². The molecule has 2 heterocycles. The highest BCUT2D eigenvalue weighted by Gasteiger charge is 2.51. The number of carbonyl (C=O) groups is 1. The number of fused-ring (bicyclic) bond motifs is 2. The van der Waals surface area contributed by atoms with Gasteiger partial charge in [-0.05, 0) is 35.1 Å². The maximum absolute atomic E-state index is 12.9. The van der Waals surface area contributed by atoms with E-state index in [-0.39, 0.29) is 24.8 Å². The Morgan fingerprint density at radius 1 is 0.871 bits per heavy atom. The number of hydrogen-bond donors (Lipinski definition) is 1. The van der Waals surface area contributed by atoms with Crippen molar-refractivity contribution in [2.24, 2.45) is 0 Å². The van der Waals surface area contributed by atoms with Crippen molar-refractivity contribution in [1.82, 2.24) is 4.90 Å². The zero-order valence-corrected chi connectivity index (χ0v) is 17.5. The molecule has 2 unspecified atom stereocenters. The minimum atomic E-state index is -0.950. The Balaban J connectivity index is 1.36. The number of rotatable bonds is 4. The lowest BCUT2D eigenvalue weighted by molar-refractivity contribution is -0.0533. The van der Waals surface area contributed by atoms with Gasteiger partial charge >= 0.3 is 6.09 Å². The highest BCUT2D eigenvalue weighted by atomic mass is 16.6. The average Bonchev–Trinajstić information content (AvgIpc) is 3.10. The third kappa shape index (κ3) is 3.84. The molecule has 0 aromatic heterocycles. The Hall–Kier alpha value is -3.11. The fourth-order valence-electron chi connectivity index (χ4n) is 5.30. The zero-order chi connectivity index (χ0) is 21.3. The first-order chi connectivity index (χ1) is 15.1. The number of hydrogen-bond acceptors (Lipinski definition) is 3. The molecule has 0 spiro atoms. The summed E-state index contributed by atoms with van der Waals surface area (Å²) in [6.45, 7) is 0.275. The van der Waals surface area contributed by atoms with Crippen LogP contribution in [-0.2, 0) is 16.9 Å². The third-order valence-corrected chi connectivity index (χ3v) is 6.70. The van der Waals surface area contributed by atoms with E-state index in [4.69, 9.17) is 4.74 Å². The zero-order valence-electron chi connectivity index (χ0n) is 17.5. The van der Waals surface area contributed by atoms with Crippen molar-refractivity contribution in [2.45, 2.75) is 50.0 Å². The number of carbonyl (C=O) groups excluding carboxylic acids is 1. The molecule has 3 aromatic rings. The van der Waals surface area contributed by atoms with Gasteiger partial charge in [-0.1, -0.05) is 84.9 Å². The van der Waals surface area contributed by atoms with Crippen molar-refractivity contribution in [1.29, 1.82) is 0 Å². The molecule has 158 valence electrons. The summed E-state index contributed by atoms with van der Waals surface area (Å²) in [5.41, 5.74) is 3.15. The lowest BCUT2D eigenvalue weighted by Crippen LogP contribution is -2.52. The second-order valence-corrected chi connectivity index (χ2v) is 8.68. The van der Waals surface area contributed by atoms with Gasteiger partial charge in [0.15, 0.2) is 0 Å². The number of benzene rings is 3. The van der Waals surface area contributed by atoms with Crippen LogP contribution in [0.2, 0.25) is 0 Å². The maximum Gasteiger partial charge on any atom is 0.410 e. The molecule has 2 aliphatic heterocycles. The van der Waals surface area contributed by atoms with Gasteiger partial charge < -0.3 is 14.7 Å². The van der Waals surface area contributed by atoms with Gasteiger partial charge in [-0.3, -0.25) is 0 Å². The first-order valence-corrected chi connectivity index (χ1v) is 11.0. The van der Waals surface area contributed by atoms with Crippen LogP contribution < -0.4 is 0 Å². The topological polar surface area (TPSA) is 49.8 Å². The number of nitrogens with zero attached hydrogens (tertiary/aromatic N) is 1. The molecule has 3 aromatic carbocycles. The van der Waals surface area contributed by atoms with Crippen LogP contribution in [0.3, 0.4) is 0 Å². The summed E-state index contributed by atoms with van der Waals surface area (Å²) in [7, 11) is 0. The van der Waals surface area contributed by atoms with Crippen molar-refractivity contribution in [3.63, 3.8) is 0 Å². The van der Waals surface area contributed by atoms with Gasteiger partial charge in [0.25, 0.3) is 0 Å². The minimum Gasteiger partial charge on any atom is -0.445 e. The van der Waals surface area contributed by atoms with Gasteiger partial charge in [-0.25, -0.2) is 4.79 Å². The van der Waals surface area contributed by atoms with E-state index < -0.39 is 5.60 Å². The normalized spacial score (nSPS) is 24.7. The van der Waals surface area contributed by atoms with Crippen molar-refractivity contribution < 1.29 is 14.6 Å². The van der Waals surface area contributed by atoms with E-state index in [0.717, 1.165) is 35.1 Å². The molecule has 5 rings (SSSR count). The van der Waals surface area contributed by atoms with Crippen LogP contribution in [0.1, 0.15) is 36.8 Å². The second-order valence-electron chi connectivity index (χ2n) is 8.68. The predicted molar refractivity (Wildman–Crippen MR) is 120 cm³/mol. The summed E-state index contributed by atoms with van der Waals surface area (Å²) in [6, 6.07) is 28.0. The molecule has 4 nitrogen and oxygen atoms in total. The monoisotopic (exact) mass is 413 g/mol. The third-order valence-electron chi connectivity index (χ3n) is 6.70. The van der Waals surface area contributed by atoms with Gasteiger partial charge in [-0.15, -0.1) is 0 Å². The Morgan fingerprint density at radius 3 is 2.13 bits per heavy atom. The summed E-state index contributed by atoms with van der Waals surface area (Å²) in [4.78, 5) is 14.8. The largest absolute Gasteiger partial charge is 0.445 e. The smallest absolute Gasteiger partial charge is 0.410 e. The van der Waals surface area contributed by atoms with Crippen molar-refractivity contribution in [3.05, 3.63) is 96.1 Å². The lowest BCUT2D eigenvalue weighted by atomic mass is 9.77. The number of piperidine rings is 1. The summed E-state index contributed by atoms with van der Waals surface area (Å²) in [5, 5.41) is 11.8. The maximum atomic E-state index is 12.9. The molecule has 1 N–H and O–H groups in total. The first kappa shape index (κ1) is 19.8. The van der Waals surface area contributed by atoms with E-state index >= 15 is 0 Å². The quantitative estimate of drug-likeness (QED) is 0.614. The fourth-order valence-corrected chi connectivity index (χ4v) is 5.30.